The Balaban J connectivity index is 1.03. The Hall–Kier alpha value is -7.41. The molecular formula is C52H31N3. The van der Waals surface area contributed by atoms with Crippen molar-refractivity contribution < 1.29 is 0 Å². The van der Waals surface area contributed by atoms with Gasteiger partial charge in [-0.2, -0.15) is 0 Å². The monoisotopic (exact) mass is 697 g/mol. The Morgan fingerprint density at radius 1 is 0.400 bits per heavy atom. The molecular weight excluding hydrogens is 667 g/mol. The van der Waals surface area contributed by atoms with Crippen LogP contribution in [0.25, 0.3) is 93.1 Å². The fraction of sp³-hybridized carbons (Fsp3) is 0.0192. The summed E-state index contributed by atoms with van der Waals surface area (Å²) in [7, 11) is 0. The Morgan fingerprint density at radius 2 is 0.891 bits per heavy atom. The van der Waals surface area contributed by atoms with Crippen LogP contribution in [0.5, 0.6) is 0 Å². The van der Waals surface area contributed by atoms with Crippen LogP contribution < -0.4 is 0 Å². The van der Waals surface area contributed by atoms with Gasteiger partial charge in [0.05, 0.1) is 18.0 Å². The van der Waals surface area contributed by atoms with Gasteiger partial charge >= 0.3 is 0 Å². The molecule has 0 amide bonds. The van der Waals surface area contributed by atoms with Crippen molar-refractivity contribution in [3.8, 4) is 55.9 Å². The summed E-state index contributed by atoms with van der Waals surface area (Å²) in [4.78, 5) is 13.1. The van der Waals surface area contributed by atoms with Crippen LogP contribution in [-0.2, 0) is 0 Å². The van der Waals surface area contributed by atoms with Crippen molar-refractivity contribution in [2.75, 3.05) is 0 Å². The summed E-state index contributed by atoms with van der Waals surface area (Å²) < 4.78 is 0. The number of aromatic nitrogens is 2. The molecule has 10 aromatic rings. The van der Waals surface area contributed by atoms with Crippen molar-refractivity contribution in [2.45, 2.75) is 5.92 Å². The third-order valence-electron chi connectivity index (χ3n) is 11.3. The van der Waals surface area contributed by atoms with Gasteiger partial charge in [0.1, 0.15) is 0 Å². The normalized spacial score (nSPS) is 13.3. The van der Waals surface area contributed by atoms with E-state index in [4.69, 9.17) is 6.57 Å². The van der Waals surface area contributed by atoms with E-state index in [0.717, 1.165) is 33.6 Å². The van der Waals surface area contributed by atoms with E-state index >= 15 is 0 Å². The number of hydrogen-bond donors (Lipinski definition) is 0. The quantitative estimate of drug-likeness (QED) is 0.132. The number of rotatable bonds is 5. The molecule has 0 spiro atoms. The van der Waals surface area contributed by atoms with Crippen molar-refractivity contribution in [1.82, 2.24) is 9.97 Å². The largest absolute Gasteiger partial charge is 0.256 e. The molecule has 0 saturated carbocycles. The standard InChI is InChI=1S/C52H31N3/c1-53-43-18-20-45-44-19-17-33(30-46(44)52(47(45)31-43)32-9-3-2-4-10-32)38-23-34-13-15-36-25-39(26-37-16-14-35(24-38)50(34)51(36)37)40-27-41(48-11-5-7-21-54-48)29-42(28-40)49-12-6-8-22-55-49/h2-31,52H. The predicted molar refractivity (Wildman–Crippen MR) is 227 cm³/mol. The van der Waals surface area contributed by atoms with Gasteiger partial charge in [-0.1, -0.05) is 97.1 Å². The van der Waals surface area contributed by atoms with E-state index in [9.17, 15) is 0 Å². The van der Waals surface area contributed by atoms with Crippen molar-refractivity contribution in [1.29, 1.82) is 0 Å². The van der Waals surface area contributed by atoms with Crippen molar-refractivity contribution >= 4 is 38.0 Å². The van der Waals surface area contributed by atoms with Crippen LogP contribution in [0.2, 0.25) is 0 Å². The maximum absolute atomic E-state index is 7.68. The molecule has 11 rings (SSSR count). The SMILES string of the molecule is [C-]#[N+]c1ccc2c(c1)C(c1ccccc1)c1cc(-c3cc4ccc5cc(-c6cc(-c7ccccn7)cc(-c7ccccn7)c6)cc6ccc(c3)c4c56)ccc1-2. The van der Waals surface area contributed by atoms with E-state index in [1.165, 1.54) is 71.3 Å². The van der Waals surface area contributed by atoms with Crippen molar-refractivity contribution in [2.24, 2.45) is 0 Å². The minimum atomic E-state index is 0.0805. The van der Waals surface area contributed by atoms with Crippen LogP contribution in [0.3, 0.4) is 0 Å². The number of pyridine rings is 2. The summed E-state index contributed by atoms with van der Waals surface area (Å²) in [6.07, 6.45) is 3.69. The molecule has 0 N–H and O–H groups in total. The molecule has 8 aromatic carbocycles. The summed E-state index contributed by atoms with van der Waals surface area (Å²) in [5.41, 5.74) is 15.6. The van der Waals surface area contributed by atoms with E-state index in [-0.39, 0.29) is 5.92 Å². The van der Waals surface area contributed by atoms with Gasteiger partial charge in [-0.05, 0) is 155 Å². The minimum Gasteiger partial charge on any atom is -0.256 e. The molecule has 2 heterocycles. The highest BCUT2D eigenvalue weighted by molar-refractivity contribution is 6.24. The van der Waals surface area contributed by atoms with Gasteiger partial charge in [0.15, 0.2) is 5.69 Å². The van der Waals surface area contributed by atoms with Crippen molar-refractivity contribution in [3.05, 3.63) is 210 Å². The van der Waals surface area contributed by atoms with Crippen LogP contribution in [0, 0.1) is 6.57 Å². The first-order valence-corrected chi connectivity index (χ1v) is 18.6. The van der Waals surface area contributed by atoms with Crippen LogP contribution in [-0.4, -0.2) is 9.97 Å². The molecule has 1 atom stereocenters. The van der Waals surface area contributed by atoms with E-state index in [2.05, 4.69) is 154 Å². The molecule has 1 aliphatic rings. The lowest BCUT2D eigenvalue weighted by Crippen LogP contribution is -1.99. The van der Waals surface area contributed by atoms with Gasteiger partial charge in [-0.15, -0.1) is 0 Å². The maximum atomic E-state index is 7.68. The van der Waals surface area contributed by atoms with E-state index in [1.54, 1.807) is 0 Å². The van der Waals surface area contributed by atoms with Crippen molar-refractivity contribution in [3.63, 3.8) is 0 Å². The average Bonchev–Trinajstić information content (AvgIpc) is 3.58. The predicted octanol–water partition coefficient (Wildman–Crippen LogP) is 13.8. The summed E-state index contributed by atoms with van der Waals surface area (Å²) in [6.45, 7) is 7.68. The number of benzene rings is 8. The number of hydrogen-bond acceptors (Lipinski definition) is 2. The molecule has 0 fully saturated rings. The smallest absolute Gasteiger partial charge is 0.187 e. The summed E-state index contributed by atoms with van der Waals surface area (Å²) in [5, 5.41) is 7.50. The first-order valence-electron chi connectivity index (χ1n) is 18.6. The van der Waals surface area contributed by atoms with Gasteiger partial charge in [-0.25, -0.2) is 4.85 Å². The topological polar surface area (TPSA) is 30.1 Å². The molecule has 3 nitrogen and oxygen atoms in total. The molecule has 2 aromatic heterocycles. The van der Waals surface area contributed by atoms with E-state index in [1.807, 2.05) is 42.7 Å². The molecule has 3 heteroatoms. The molecule has 0 bridgehead atoms. The number of fused-ring (bicyclic) bond motifs is 3. The highest BCUT2D eigenvalue weighted by Gasteiger charge is 2.30. The zero-order valence-electron chi connectivity index (χ0n) is 29.7. The Bertz CT molecular complexity index is 3020. The second kappa shape index (κ2) is 12.3. The van der Waals surface area contributed by atoms with Crippen LogP contribution in [0.4, 0.5) is 5.69 Å². The zero-order chi connectivity index (χ0) is 36.5. The van der Waals surface area contributed by atoms with Gasteiger partial charge in [0, 0.05) is 29.4 Å². The molecule has 1 aliphatic carbocycles. The first kappa shape index (κ1) is 31.1. The third-order valence-corrected chi connectivity index (χ3v) is 11.3. The third kappa shape index (κ3) is 5.11. The lowest BCUT2D eigenvalue weighted by Gasteiger charge is -2.17. The highest BCUT2D eigenvalue weighted by Crippen LogP contribution is 2.50. The highest BCUT2D eigenvalue weighted by atomic mass is 14.7. The molecule has 1 unspecified atom stereocenters. The Labute approximate surface area is 319 Å². The van der Waals surface area contributed by atoms with Gasteiger partial charge in [-0.3, -0.25) is 9.97 Å². The summed E-state index contributed by atoms with van der Waals surface area (Å²) >= 11 is 0. The average molecular weight is 698 g/mol. The lowest BCUT2D eigenvalue weighted by molar-refractivity contribution is 1.02. The fourth-order valence-electron chi connectivity index (χ4n) is 8.83. The van der Waals surface area contributed by atoms with Crippen LogP contribution in [0.1, 0.15) is 22.6 Å². The second-order valence-corrected chi connectivity index (χ2v) is 14.5. The number of nitrogens with zero attached hydrogens (tertiary/aromatic N) is 3. The first-order chi connectivity index (χ1) is 27.2. The minimum absolute atomic E-state index is 0.0805. The zero-order valence-corrected chi connectivity index (χ0v) is 29.7. The molecule has 0 aliphatic heterocycles. The molecule has 55 heavy (non-hydrogen) atoms. The van der Waals surface area contributed by atoms with Gasteiger partial charge in [0.2, 0.25) is 0 Å². The van der Waals surface area contributed by atoms with E-state index < -0.39 is 0 Å². The van der Waals surface area contributed by atoms with E-state index in [0.29, 0.717) is 5.69 Å². The van der Waals surface area contributed by atoms with Gasteiger partial charge in [0.25, 0.3) is 0 Å². The lowest BCUT2D eigenvalue weighted by atomic mass is 9.86. The Morgan fingerprint density at radius 3 is 1.44 bits per heavy atom. The van der Waals surface area contributed by atoms with Gasteiger partial charge < -0.3 is 0 Å². The van der Waals surface area contributed by atoms with Crippen LogP contribution >= 0.6 is 0 Å². The molecule has 0 saturated heterocycles. The summed E-state index contributed by atoms with van der Waals surface area (Å²) in [5.74, 6) is 0.0805. The maximum Gasteiger partial charge on any atom is 0.187 e. The fourth-order valence-corrected chi connectivity index (χ4v) is 8.83. The Kier molecular flexibility index (Phi) is 6.99. The molecule has 0 radical (unpaired) electrons. The molecule has 254 valence electrons. The second-order valence-electron chi connectivity index (χ2n) is 14.5. The summed E-state index contributed by atoms with van der Waals surface area (Å²) in [6, 6.07) is 61.0. The van der Waals surface area contributed by atoms with Crippen LogP contribution in [0.15, 0.2) is 182 Å².